The maximum absolute atomic E-state index is 10.5. The van der Waals surface area contributed by atoms with Gasteiger partial charge in [0.15, 0.2) is 6.10 Å². The summed E-state index contributed by atoms with van der Waals surface area (Å²) >= 11 is 0. The van der Waals surface area contributed by atoms with Gasteiger partial charge in [-0.05, 0) is 6.92 Å². The van der Waals surface area contributed by atoms with Crippen molar-refractivity contribution in [3.05, 3.63) is 0 Å². The van der Waals surface area contributed by atoms with Crippen LogP contribution in [-0.4, -0.2) is 54.9 Å². The number of methoxy groups -OCH3 is 1. The van der Waals surface area contributed by atoms with Gasteiger partial charge in [0.25, 0.3) is 6.29 Å². The maximum atomic E-state index is 10.5. The second kappa shape index (κ2) is 7.16. The Labute approximate surface area is 86.5 Å². The molecule has 0 aromatic heterocycles. The molecule has 0 rings (SSSR count). The van der Waals surface area contributed by atoms with E-state index in [1.165, 1.54) is 7.11 Å². The molecule has 2 atom stereocenters. The van der Waals surface area contributed by atoms with Crippen molar-refractivity contribution >= 4 is 11.9 Å². The van der Waals surface area contributed by atoms with Crippen molar-refractivity contribution < 1.29 is 34.0 Å². The number of ether oxygens (including phenoxy) is 3. The highest BCUT2D eigenvalue weighted by Crippen LogP contribution is 1.99. The zero-order valence-corrected chi connectivity index (χ0v) is 8.50. The smallest absolute Gasteiger partial charge is 0.361 e. The van der Waals surface area contributed by atoms with Crippen LogP contribution in [-0.2, 0) is 23.8 Å². The van der Waals surface area contributed by atoms with Gasteiger partial charge in [0.2, 0.25) is 0 Å². The minimum Gasteiger partial charge on any atom is -0.479 e. The SMILES string of the molecule is CCOC(OCC(OC)C(=O)O)C(=O)O. The minimum absolute atomic E-state index is 0.154. The second-order valence-corrected chi connectivity index (χ2v) is 2.52. The fourth-order valence-electron chi connectivity index (χ4n) is 0.757. The molecule has 0 spiro atoms. The van der Waals surface area contributed by atoms with Crippen LogP contribution in [0.1, 0.15) is 6.92 Å². The lowest BCUT2D eigenvalue weighted by molar-refractivity contribution is -0.197. The van der Waals surface area contributed by atoms with E-state index in [-0.39, 0.29) is 13.2 Å². The normalized spacial score (nSPS) is 14.5. The Morgan fingerprint density at radius 3 is 2.13 bits per heavy atom. The third-order valence-electron chi connectivity index (χ3n) is 1.48. The van der Waals surface area contributed by atoms with E-state index in [4.69, 9.17) is 19.7 Å². The predicted molar refractivity (Wildman–Crippen MR) is 47.4 cm³/mol. The van der Waals surface area contributed by atoms with E-state index in [1.54, 1.807) is 6.92 Å². The Hall–Kier alpha value is -1.18. The van der Waals surface area contributed by atoms with Crippen LogP contribution in [0.15, 0.2) is 0 Å². The number of carbonyl (C=O) groups is 2. The van der Waals surface area contributed by atoms with Crippen LogP contribution in [0, 0.1) is 0 Å². The quantitative estimate of drug-likeness (QED) is 0.536. The third kappa shape index (κ3) is 5.31. The standard InChI is InChI=1S/C8H14O7/c1-3-14-8(7(11)12)15-4-5(13-2)6(9)10/h5,8H,3-4H2,1-2H3,(H,9,10)(H,11,12). The van der Waals surface area contributed by atoms with Gasteiger partial charge in [0.1, 0.15) is 0 Å². The Morgan fingerprint density at radius 2 is 1.80 bits per heavy atom. The molecule has 0 aliphatic carbocycles. The van der Waals surface area contributed by atoms with E-state index in [2.05, 4.69) is 4.74 Å². The first-order chi connectivity index (χ1) is 7.02. The van der Waals surface area contributed by atoms with Crippen LogP contribution in [0.4, 0.5) is 0 Å². The average molecular weight is 222 g/mol. The molecule has 0 amide bonds. The molecular weight excluding hydrogens is 208 g/mol. The lowest BCUT2D eigenvalue weighted by atomic mass is 10.4. The Kier molecular flexibility index (Phi) is 6.59. The summed E-state index contributed by atoms with van der Waals surface area (Å²) in [6, 6.07) is 0. The molecule has 0 heterocycles. The molecule has 7 nitrogen and oxygen atoms in total. The molecule has 88 valence electrons. The van der Waals surface area contributed by atoms with Crippen LogP contribution < -0.4 is 0 Å². The van der Waals surface area contributed by atoms with Gasteiger partial charge in [-0.3, -0.25) is 0 Å². The van der Waals surface area contributed by atoms with Gasteiger partial charge in [-0.15, -0.1) is 0 Å². The van der Waals surface area contributed by atoms with Crippen LogP contribution in [0.2, 0.25) is 0 Å². The summed E-state index contributed by atoms with van der Waals surface area (Å²) in [6.45, 7) is 1.37. The summed E-state index contributed by atoms with van der Waals surface area (Å²) in [4.78, 5) is 21.0. The summed E-state index contributed by atoms with van der Waals surface area (Å²) in [5.74, 6) is -2.53. The second-order valence-electron chi connectivity index (χ2n) is 2.52. The fraction of sp³-hybridized carbons (Fsp3) is 0.750. The van der Waals surface area contributed by atoms with Crippen molar-refractivity contribution in [1.29, 1.82) is 0 Å². The number of carboxylic acids is 2. The average Bonchev–Trinajstić information content (AvgIpc) is 2.16. The van der Waals surface area contributed by atoms with E-state index < -0.39 is 24.3 Å². The van der Waals surface area contributed by atoms with Crippen molar-refractivity contribution in [1.82, 2.24) is 0 Å². The zero-order chi connectivity index (χ0) is 11.8. The molecule has 0 aliphatic rings. The highest BCUT2D eigenvalue weighted by atomic mass is 16.7. The zero-order valence-electron chi connectivity index (χ0n) is 8.50. The Morgan fingerprint density at radius 1 is 1.20 bits per heavy atom. The molecule has 7 heteroatoms. The molecule has 0 saturated heterocycles. The van der Waals surface area contributed by atoms with E-state index in [1.807, 2.05) is 0 Å². The Bertz CT molecular complexity index is 215. The monoisotopic (exact) mass is 222 g/mol. The number of aliphatic carboxylic acids is 2. The fourth-order valence-corrected chi connectivity index (χ4v) is 0.757. The van der Waals surface area contributed by atoms with Gasteiger partial charge in [-0.2, -0.15) is 0 Å². The molecule has 0 bridgehead atoms. The van der Waals surface area contributed by atoms with Gasteiger partial charge in [0, 0.05) is 13.7 Å². The van der Waals surface area contributed by atoms with Gasteiger partial charge >= 0.3 is 11.9 Å². The summed E-state index contributed by atoms with van der Waals surface area (Å²) in [7, 11) is 1.19. The van der Waals surface area contributed by atoms with Crippen molar-refractivity contribution in [2.45, 2.75) is 19.3 Å². The first kappa shape index (κ1) is 13.8. The summed E-state index contributed by atoms with van der Waals surface area (Å²) in [6.07, 6.45) is -2.67. The van der Waals surface area contributed by atoms with E-state index in [0.717, 1.165) is 0 Å². The third-order valence-corrected chi connectivity index (χ3v) is 1.48. The molecule has 0 saturated carbocycles. The Balaban J connectivity index is 4.07. The molecular formula is C8H14O7. The lowest BCUT2D eigenvalue weighted by Crippen LogP contribution is -2.34. The van der Waals surface area contributed by atoms with Gasteiger partial charge in [-0.1, -0.05) is 0 Å². The van der Waals surface area contributed by atoms with Gasteiger partial charge in [-0.25, -0.2) is 9.59 Å². The van der Waals surface area contributed by atoms with Crippen molar-refractivity contribution in [2.75, 3.05) is 20.3 Å². The number of carboxylic acid groups (broad SMARTS) is 2. The highest BCUT2D eigenvalue weighted by molar-refractivity contribution is 5.73. The molecule has 0 aromatic rings. The topological polar surface area (TPSA) is 102 Å². The summed E-state index contributed by atoms with van der Waals surface area (Å²) in [5.41, 5.74) is 0. The maximum Gasteiger partial charge on any atom is 0.361 e. The van der Waals surface area contributed by atoms with Crippen LogP contribution in [0.3, 0.4) is 0 Å². The first-order valence-corrected chi connectivity index (χ1v) is 4.24. The first-order valence-electron chi connectivity index (χ1n) is 4.24. The molecule has 2 N–H and O–H groups in total. The molecule has 0 aliphatic heterocycles. The molecule has 0 aromatic carbocycles. The van der Waals surface area contributed by atoms with Crippen LogP contribution in [0.25, 0.3) is 0 Å². The lowest BCUT2D eigenvalue weighted by Gasteiger charge is -2.16. The van der Waals surface area contributed by atoms with Crippen molar-refractivity contribution in [3.8, 4) is 0 Å². The molecule has 0 fully saturated rings. The molecule has 0 radical (unpaired) electrons. The predicted octanol–water partition coefficient (Wildman–Crippen LogP) is -0.450. The number of hydrogen-bond acceptors (Lipinski definition) is 5. The van der Waals surface area contributed by atoms with Gasteiger partial charge in [0.05, 0.1) is 6.61 Å². The number of hydrogen-bond donors (Lipinski definition) is 2. The van der Waals surface area contributed by atoms with E-state index in [9.17, 15) is 9.59 Å². The van der Waals surface area contributed by atoms with Crippen LogP contribution >= 0.6 is 0 Å². The van der Waals surface area contributed by atoms with Gasteiger partial charge < -0.3 is 24.4 Å². The van der Waals surface area contributed by atoms with Crippen molar-refractivity contribution in [3.63, 3.8) is 0 Å². The minimum atomic E-state index is -1.47. The van der Waals surface area contributed by atoms with E-state index >= 15 is 0 Å². The molecule has 2 unspecified atom stereocenters. The highest BCUT2D eigenvalue weighted by Gasteiger charge is 2.23. The van der Waals surface area contributed by atoms with Crippen LogP contribution in [0.5, 0.6) is 0 Å². The summed E-state index contributed by atoms with van der Waals surface area (Å²) in [5, 5.41) is 17.2. The van der Waals surface area contributed by atoms with Crippen molar-refractivity contribution in [2.24, 2.45) is 0 Å². The largest absolute Gasteiger partial charge is 0.479 e. The summed E-state index contributed by atoms with van der Waals surface area (Å²) < 4.78 is 14.0. The molecule has 15 heavy (non-hydrogen) atoms. The number of rotatable bonds is 8. The van der Waals surface area contributed by atoms with E-state index in [0.29, 0.717) is 0 Å².